The van der Waals surface area contributed by atoms with E-state index in [0.717, 1.165) is 37.0 Å². The quantitative estimate of drug-likeness (QED) is 0.855. The third-order valence-electron chi connectivity index (χ3n) is 4.53. The SMILES string of the molecule is Cc1nc(COC[C@@H]2CCC[C@]23CN(C)CCO3)cs1. The van der Waals surface area contributed by atoms with Gasteiger partial charge in [0.2, 0.25) is 0 Å². The Morgan fingerprint density at radius 2 is 2.50 bits per heavy atom. The van der Waals surface area contributed by atoms with Crippen molar-refractivity contribution in [3.63, 3.8) is 0 Å². The highest BCUT2D eigenvalue weighted by molar-refractivity contribution is 7.09. The summed E-state index contributed by atoms with van der Waals surface area (Å²) in [6, 6.07) is 0. The van der Waals surface area contributed by atoms with Gasteiger partial charge in [-0.2, -0.15) is 0 Å². The molecule has 3 rings (SSSR count). The molecule has 1 spiro atoms. The maximum atomic E-state index is 6.18. The molecule has 2 fully saturated rings. The van der Waals surface area contributed by atoms with Crippen molar-refractivity contribution in [3.8, 4) is 0 Å². The van der Waals surface area contributed by atoms with E-state index in [1.54, 1.807) is 11.3 Å². The average Bonchev–Trinajstić information content (AvgIpc) is 2.98. The highest BCUT2D eigenvalue weighted by Crippen LogP contribution is 2.41. The number of rotatable bonds is 4. The summed E-state index contributed by atoms with van der Waals surface area (Å²) in [4.78, 5) is 6.84. The van der Waals surface area contributed by atoms with E-state index in [-0.39, 0.29) is 5.60 Å². The number of ether oxygens (including phenoxy) is 2. The normalized spacial score (nSPS) is 31.2. The van der Waals surface area contributed by atoms with Crippen LogP contribution in [0.4, 0.5) is 0 Å². The lowest BCUT2D eigenvalue weighted by Crippen LogP contribution is -2.53. The number of thiazole rings is 1. The van der Waals surface area contributed by atoms with Crippen molar-refractivity contribution in [2.75, 3.05) is 33.4 Å². The van der Waals surface area contributed by atoms with Crippen LogP contribution in [0.2, 0.25) is 0 Å². The van der Waals surface area contributed by atoms with E-state index in [1.165, 1.54) is 19.3 Å². The second-order valence-corrected chi connectivity index (χ2v) is 7.18. The fourth-order valence-electron chi connectivity index (χ4n) is 3.51. The molecule has 1 aliphatic carbocycles. The van der Waals surface area contributed by atoms with E-state index in [0.29, 0.717) is 12.5 Å². The van der Waals surface area contributed by atoms with E-state index in [4.69, 9.17) is 9.47 Å². The van der Waals surface area contributed by atoms with Crippen LogP contribution in [0.3, 0.4) is 0 Å². The molecule has 0 unspecified atom stereocenters. The predicted octanol–water partition coefficient (Wildman–Crippen LogP) is 2.47. The molecule has 20 heavy (non-hydrogen) atoms. The zero-order chi connectivity index (χ0) is 14.0. The Bertz CT molecular complexity index is 451. The Hall–Kier alpha value is -0.490. The minimum atomic E-state index is 0.0466. The Labute approximate surface area is 125 Å². The maximum absolute atomic E-state index is 6.18. The molecule has 0 bridgehead atoms. The third-order valence-corrected chi connectivity index (χ3v) is 5.35. The van der Waals surface area contributed by atoms with Gasteiger partial charge in [-0.05, 0) is 26.8 Å². The first-order valence-electron chi connectivity index (χ1n) is 7.49. The van der Waals surface area contributed by atoms with Gasteiger partial charge >= 0.3 is 0 Å². The van der Waals surface area contributed by atoms with Gasteiger partial charge < -0.3 is 14.4 Å². The standard InChI is InChI=1S/C15H24N2O2S/c1-12-16-14(10-20-12)9-18-8-13-4-3-5-15(13)11-17(2)6-7-19-15/h10,13H,3-9,11H2,1-2H3/t13-,15-/m0/s1. The topological polar surface area (TPSA) is 34.6 Å². The van der Waals surface area contributed by atoms with Crippen LogP contribution in [0.25, 0.3) is 0 Å². The Morgan fingerprint density at radius 1 is 1.60 bits per heavy atom. The van der Waals surface area contributed by atoms with Crippen LogP contribution in [-0.4, -0.2) is 48.8 Å². The van der Waals surface area contributed by atoms with Crippen LogP contribution in [0.1, 0.15) is 30.0 Å². The van der Waals surface area contributed by atoms with Gasteiger partial charge in [-0.15, -0.1) is 11.3 Å². The van der Waals surface area contributed by atoms with Gasteiger partial charge in [0.05, 0.1) is 36.1 Å². The fraction of sp³-hybridized carbons (Fsp3) is 0.800. The van der Waals surface area contributed by atoms with Gasteiger partial charge in [-0.25, -0.2) is 4.98 Å². The summed E-state index contributed by atoms with van der Waals surface area (Å²) in [7, 11) is 2.19. The monoisotopic (exact) mass is 296 g/mol. The van der Waals surface area contributed by atoms with Crippen molar-refractivity contribution in [3.05, 3.63) is 16.1 Å². The Kier molecular flexibility index (Phi) is 4.40. The van der Waals surface area contributed by atoms with Crippen LogP contribution in [0, 0.1) is 12.8 Å². The van der Waals surface area contributed by atoms with E-state index in [2.05, 4.69) is 22.3 Å². The molecular formula is C15H24N2O2S. The van der Waals surface area contributed by atoms with E-state index >= 15 is 0 Å². The molecular weight excluding hydrogens is 272 g/mol. The molecule has 2 aliphatic rings. The summed E-state index contributed by atoms with van der Waals surface area (Å²) in [5.41, 5.74) is 1.10. The van der Waals surface area contributed by atoms with Crippen molar-refractivity contribution in [2.45, 2.75) is 38.4 Å². The molecule has 1 aliphatic heterocycles. The highest BCUT2D eigenvalue weighted by Gasteiger charge is 2.46. The Morgan fingerprint density at radius 3 is 3.25 bits per heavy atom. The zero-order valence-electron chi connectivity index (χ0n) is 12.4. The molecule has 1 saturated heterocycles. The lowest BCUT2D eigenvalue weighted by Gasteiger charge is -2.42. The van der Waals surface area contributed by atoms with Crippen molar-refractivity contribution in [1.29, 1.82) is 0 Å². The number of hydrogen-bond acceptors (Lipinski definition) is 5. The van der Waals surface area contributed by atoms with Crippen molar-refractivity contribution in [1.82, 2.24) is 9.88 Å². The Balaban J connectivity index is 1.53. The zero-order valence-corrected chi connectivity index (χ0v) is 13.2. The molecule has 0 amide bonds. The first-order chi connectivity index (χ1) is 9.68. The van der Waals surface area contributed by atoms with Crippen molar-refractivity contribution < 1.29 is 9.47 Å². The highest BCUT2D eigenvalue weighted by atomic mass is 32.1. The van der Waals surface area contributed by atoms with Gasteiger partial charge in [-0.1, -0.05) is 6.42 Å². The summed E-state index contributed by atoms with van der Waals surface area (Å²) in [6.07, 6.45) is 3.67. The first kappa shape index (κ1) is 14.4. The first-order valence-corrected chi connectivity index (χ1v) is 8.37. The predicted molar refractivity (Wildman–Crippen MR) is 80.0 cm³/mol. The fourth-order valence-corrected chi connectivity index (χ4v) is 4.11. The second kappa shape index (κ2) is 6.10. The van der Waals surface area contributed by atoms with Crippen LogP contribution in [0.5, 0.6) is 0 Å². The molecule has 1 aromatic rings. The number of morpholine rings is 1. The summed E-state index contributed by atoms with van der Waals surface area (Å²) >= 11 is 1.69. The molecule has 5 heteroatoms. The van der Waals surface area contributed by atoms with Gasteiger partial charge in [0.1, 0.15) is 0 Å². The van der Waals surface area contributed by atoms with Crippen LogP contribution >= 0.6 is 11.3 Å². The van der Waals surface area contributed by atoms with Gasteiger partial charge in [0.25, 0.3) is 0 Å². The average molecular weight is 296 g/mol. The number of likely N-dealkylation sites (N-methyl/N-ethyl adjacent to an activating group) is 1. The van der Waals surface area contributed by atoms with E-state index < -0.39 is 0 Å². The van der Waals surface area contributed by atoms with E-state index in [1.807, 2.05) is 6.92 Å². The largest absolute Gasteiger partial charge is 0.375 e. The number of aromatic nitrogens is 1. The third kappa shape index (κ3) is 3.06. The molecule has 2 heterocycles. The van der Waals surface area contributed by atoms with Gasteiger partial charge in [0.15, 0.2) is 0 Å². The summed E-state index contributed by atoms with van der Waals surface area (Å²) in [5, 5.41) is 3.20. The molecule has 1 saturated carbocycles. The summed E-state index contributed by atoms with van der Waals surface area (Å²) < 4.78 is 12.1. The van der Waals surface area contributed by atoms with Crippen molar-refractivity contribution >= 4 is 11.3 Å². The minimum Gasteiger partial charge on any atom is -0.375 e. The van der Waals surface area contributed by atoms with Gasteiger partial charge in [-0.3, -0.25) is 0 Å². The second-order valence-electron chi connectivity index (χ2n) is 6.11. The number of nitrogens with zero attached hydrogens (tertiary/aromatic N) is 2. The van der Waals surface area contributed by atoms with Crippen LogP contribution in [-0.2, 0) is 16.1 Å². The summed E-state index contributed by atoms with van der Waals surface area (Å²) in [6.45, 7) is 6.42. The van der Waals surface area contributed by atoms with Crippen LogP contribution < -0.4 is 0 Å². The molecule has 112 valence electrons. The van der Waals surface area contributed by atoms with Gasteiger partial charge in [0, 0.05) is 24.4 Å². The maximum Gasteiger partial charge on any atom is 0.0898 e. The number of hydrogen-bond donors (Lipinski definition) is 0. The number of aryl methyl sites for hydroxylation is 1. The molecule has 0 radical (unpaired) electrons. The van der Waals surface area contributed by atoms with E-state index in [9.17, 15) is 0 Å². The molecule has 0 aromatic carbocycles. The molecule has 2 atom stereocenters. The molecule has 0 N–H and O–H groups in total. The van der Waals surface area contributed by atoms with Crippen LogP contribution in [0.15, 0.2) is 5.38 Å². The smallest absolute Gasteiger partial charge is 0.0898 e. The lowest BCUT2D eigenvalue weighted by molar-refractivity contribution is -0.137. The van der Waals surface area contributed by atoms with Crippen molar-refractivity contribution in [2.24, 2.45) is 5.92 Å². The molecule has 4 nitrogen and oxygen atoms in total. The molecule has 1 aromatic heterocycles. The lowest BCUT2D eigenvalue weighted by atomic mass is 9.89. The minimum absolute atomic E-state index is 0.0466. The summed E-state index contributed by atoms with van der Waals surface area (Å²) in [5.74, 6) is 0.532.